The van der Waals surface area contributed by atoms with Crippen molar-refractivity contribution in [1.29, 1.82) is 0 Å². The lowest BCUT2D eigenvalue weighted by Crippen LogP contribution is -2.54. The zero-order valence-electron chi connectivity index (χ0n) is 18.3. The fourth-order valence-corrected chi connectivity index (χ4v) is 5.23. The van der Waals surface area contributed by atoms with Gasteiger partial charge in [0.2, 0.25) is 10.0 Å². The highest BCUT2D eigenvalue weighted by Gasteiger charge is 2.35. The molecule has 8 heteroatoms. The number of sulfonamides is 1. The molecule has 7 nitrogen and oxygen atoms in total. The van der Waals surface area contributed by atoms with Crippen molar-refractivity contribution in [2.45, 2.75) is 37.8 Å². The van der Waals surface area contributed by atoms with Crippen LogP contribution in [0.3, 0.4) is 0 Å². The molecule has 1 heterocycles. The molecule has 1 saturated heterocycles. The van der Waals surface area contributed by atoms with Crippen LogP contribution < -0.4 is 4.74 Å². The number of benzene rings is 2. The zero-order chi connectivity index (χ0) is 22.4. The number of rotatable bonds is 8. The highest BCUT2D eigenvalue weighted by atomic mass is 32.2. The van der Waals surface area contributed by atoms with Gasteiger partial charge in [-0.15, -0.1) is 0 Å². The Labute approximate surface area is 184 Å². The average Bonchev–Trinajstić information content (AvgIpc) is 2.75. The SMILES string of the molecule is CCOC(=O)CC1CN(S(=O)(=O)c2ccc(C)cc2)CCN1Cc1cccc(OC)c1. The quantitative estimate of drug-likeness (QED) is 0.581. The topological polar surface area (TPSA) is 76.2 Å². The van der Waals surface area contributed by atoms with Crippen LogP contribution >= 0.6 is 0 Å². The first-order valence-electron chi connectivity index (χ1n) is 10.4. The lowest BCUT2D eigenvalue weighted by atomic mass is 10.1. The van der Waals surface area contributed by atoms with Gasteiger partial charge in [-0.3, -0.25) is 9.69 Å². The number of methoxy groups -OCH3 is 1. The largest absolute Gasteiger partial charge is 0.497 e. The summed E-state index contributed by atoms with van der Waals surface area (Å²) in [6.07, 6.45) is 0.137. The third-order valence-corrected chi connectivity index (χ3v) is 7.33. The predicted molar refractivity (Wildman–Crippen MR) is 118 cm³/mol. The summed E-state index contributed by atoms with van der Waals surface area (Å²) in [5.41, 5.74) is 2.05. The first-order chi connectivity index (χ1) is 14.8. The van der Waals surface area contributed by atoms with Gasteiger partial charge in [0.05, 0.1) is 25.0 Å². The Balaban J connectivity index is 1.80. The van der Waals surface area contributed by atoms with E-state index < -0.39 is 10.0 Å². The summed E-state index contributed by atoms with van der Waals surface area (Å²) in [7, 11) is -2.01. The Morgan fingerprint density at radius 2 is 1.87 bits per heavy atom. The normalized spacial score (nSPS) is 18.0. The van der Waals surface area contributed by atoms with Gasteiger partial charge >= 0.3 is 5.97 Å². The first-order valence-corrected chi connectivity index (χ1v) is 11.9. The van der Waals surface area contributed by atoms with Gasteiger partial charge in [-0.2, -0.15) is 4.31 Å². The van der Waals surface area contributed by atoms with E-state index in [9.17, 15) is 13.2 Å². The van der Waals surface area contributed by atoms with Gasteiger partial charge in [-0.05, 0) is 43.7 Å². The van der Waals surface area contributed by atoms with E-state index in [2.05, 4.69) is 4.90 Å². The van der Waals surface area contributed by atoms with Crippen molar-refractivity contribution in [3.63, 3.8) is 0 Å². The number of carbonyl (C=O) groups is 1. The van der Waals surface area contributed by atoms with Gasteiger partial charge in [-0.25, -0.2) is 8.42 Å². The van der Waals surface area contributed by atoms with Gasteiger partial charge in [0.25, 0.3) is 0 Å². The first kappa shape index (κ1) is 23.2. The predicted octanol–water partition coefficient (Wildman–Crippen LogP) is 2.83. The molecule has 1 fully saturated rings. The molecule has 2 aromatic rings. The molecule has 168 valence electrons. The Morgan fingerprint density at radius 1 is 1.13 bits per heavy atom. The Kier molecular flexibility index (Phi) is 7.69. The van der Waals surface area contributed by atoms with E-state index in [0.29, 0.717) is 26.2 Å². The second-order valence-corrected chi connectivity index (χ2v) is 9.60. The third-order valence-electron chi connectivity index (χ3n) is 5.45. The van der Waals surface area contributed by atoms with Crippen LogP contribution in [0.1, 0.15) is 24.5 Å². The van der Waals surface area contributed by atoms with Crippen molar-refractivity contribution in [1.82, 2.24) is 9.21 Å². The minimum absolute atomic E-state index is 0.137. The third kappa shape index (κ3) is 5.84. The molecule has 1 unspecified atom stereocenters. The summed E-state index contributed by atoms with van der Waals surface area (Å²) in [5, 5.41) is 0. The molecule has 0 amide bonds. The molecular weight excluding hydrogens is 416 g/mol. The number of nitrogens with zero attached hydrogens (tertiary/aromatic N) is 2. The van der Waals surface area contributed by atoms with Crippen LogP contribution in [0.2, 0.25) is 0 Å². The monoisotopic (exact) mass is 446 g/mol. The summed E-state index contributed by atoms with van der Waals surface area (Å²) < 4.78 is 38.3. The number of piperazine rings is 1. The molecule has 0 saturated carbocycles. The molecule has 0 spiro atoms. The molecule has 3 rings (SSSR count). The van der Waals surface area contributed by atoms with Crippen molar-refractivity contribution < 1.29 is 22.7 Å². The van der Waals surface area contributed by atoms with E-state index in [1.807, 2.05) is 31.2 Å². The zero-order valence-corrected chi connectivity index (χ0v) is 19.1. The second kappa shape index (κ2) is 10.3. The summed E-state index contributed by atoms with van der Waals surface area (Å²) in [4.78, 5) is 14.7. The van der Waals surface area contributed by atoms with E-state index in [1.165, 1.54) is 4.31 Å². The molecule has 2 aromatic carbocycles. The van der Waals surface area contributed by atoms with Crippen molar-refractivity contribution in [2.24, 2.45) is 0 Å². The summed E-state index contributed by atoms with van der Waals surface area (Å²) in [6, 6.07) is 14.3. The minimum Gasteiger partial charge on any atom is -0.497 e. The van der Waals surface area contributed by atoms with Crippen molar-refractivity contribution in [3.05, 3.63) is 59.7 Å². The van der Waals surface area contributed by atoms with Crippen LogP contribution in [0.15, 0.2) is 53.4 Å². The maximum Gasteiger partial charge on any atom is 0.307 e. The summed E-state index contributed by atoms with van der Waals surface area (Å²) in [5.74, 6) is 0.442. The number of esters is 1. The number of hydrogen-bond donors (Lipinski definition) is 0. The fraction of sp³-hybridized carbons (Fsp3) is 0.435. The molecule has 31 heavy (non-hydrogen) atoms. The lowest BCUT2D eigenvalue weighted by molar-refractivity contribution is -0.145. The second-order valence-electron chi connectivity index (χ2n) is 7.66. The van der Waals surface area contributed by atoms with Crippen LogP contribution in [0.4, 0.5) is 0 Å². The van der Waals surface area contributed by atoms with Crippen molar-refractivity contribution in [2.75, 3.05) is 33.4 Å². The van der Waals surface area contributed by atoms with E-state index >= 15 is 0 Å². The van der Waals surface area contributed by atoms with Crippen LogP contribution in [-0.2, 0) is 26.1 Å². The molecule has 0 radical (unpaired) electrons. The highest BCUT2D eigenvalue weighted by molar-refractivity contribution is 7.89. The molecule has 1 atom stereocenters. The van der Waals surface area contributed by atoms with Gasteiger partial charge < -0.3 is 9.47 Å². The average molecular weight is 447 g/mol. The van der Waals surface area contributed by atoms with E-state index in [1.54, 1.807) is 38.3 Å². The summed E-state index contributed by atoms with van der Waals surface area (Å²) in [6.45, 7) is 5.70. The highest BCUT2D eigenvalue weighted by Crippen LogP contribution is 2.24. The fourth-order valence-electron chi connectivity index (χ4n) is 3.76. The van der Waals surface area contributed by atoms with Gasteiger partial charge in [-0.1, -0.05) is 29.8 Å². The lowest BCUT2D eigenvalue weighted by Gasteiger charge is -2.40. The molecule has 1 aliphatic heterocycles. The van der Waals surface area contributed by atoms with Gasteiger partial charge in [0.15, 0.2) is 0 Å². The molecule has 0 N–H and O–H groups in total. The number of ether oxygens (including phenoxy) is 2. The molecule has 0 bridgehead atoms. The molecule has 1 aliphatic rings. The van der Waals surface area contributed by atoms with E-state index in [0.717, 1.165) is 16.9 Å². The molecule has 0 aromatic heterocycles. The van der Waals surface area contributed by atoms with E-state index in [-0.39, 0.29) is 29.9 Å². The molecular formula is C23H30N2O5S. The van der Waals surface area contributed by atoms with Crippen LogP contribution in [0.5, 0.6) is 5.75 Å². The van der Waals surface area contributed by atoms with Crippen LogP contribution in [-0.4, -0.2) is 63.0 Å². The summed E-state index contributed by atoms with van der Waals surface area (Å²) >= 11 is 0. The van der Waals surface area contributed by atoms with Crippen molar-refractivity contribution >= 4 is 16.0 Å². The minimum atomic E-state index is -3.63. The number of aryl methyl sites for hydroxylation is 1. The maximum atomic E-state index is 13.2. The van der Waals surface area contributed by atoms with E-state index in [4.69, 9.17) is 9.47 Å². The smallest absolute Gasteiger partial charge is 0.307 e. The maximum absolute atomic E-state index is 13.2. The number of hydrogen-bond acceptors (Lipinski definition) is 6. The molecule has 0 aliphatic carbocycles. The number of carbonyl (C=O) groups excluding carboxylic acids is 1. The Morgan fingerprint density at radius 3 is 2.55 bits per heavy atom. The Bertz CT molecular complexity index is 991. The standard InChI is InChI=1S/C23H30N2O5S/c1-4-30-23(26)15-20-17-25(31(27,28)22-10-8-18(2)9-11-22)13-12-24(20)16-19-6-5-7-21(14-19)29-3/h5-11,14,20H,4,12-13,15-17H2,1-3H3. The van der Waals surface area contributed by atoms with Gasteiger partial charge in [0.1, 0.15) is 5.75 Å². The van der Waals surface area contributed by atoms with Crippen LogP contribution in [0, 0.1) is 6.92 Å². The van der Waals surface area contributed by atoms with Crippen molar-refractivity contribution in [3.8, 4) is 5.75 Å². The Hall–Kier alpha value is -2.42. The van der Waals surface area contributed by atoms with Gasteiger partial charge in [0, 0.05) is 32.2 Å². The van der Waals surface area contributed by atoms with Crippen LogP contribution in [0.25, 0.3) is 0 Å².